The molecule has 0 bridgehead atoms. The number of ether oxygens (including phenoxy) is 2. The van der Waals surface area contributed by atoms with Gasteiger partial charge in [0.15, 0.2) is 0 Å². The number of carbonyl (C=O) groups is 2. The van der Waals surface area contributed by atoms with Crippen molar-refractivity contribution in [3.63, 3.8) is 0 Å². The summed E-state index contributed by atoms with van der Waals surface area (Å²) < 4.78 is 10.1. The van der Waals surface area contributed by atoms with Gasteiger partial charge < -0.3 is 15.2 Å². The molecule has 0 aromatic heterocycles. The molecule has 0 unspecified atom stereocenters. The van der Waals surface area contributed by atoms with E-state index >= 15 is 0 Å². The molecule has 0 heterocycles. The van der Waals surface area contributed by atoms with E-state index < -0.39 is 10.9 Å². The summed E-state index contributed by atoms with van der Waals surface area (Å²) in [7, 11) is 2.60. The van der Waals surface area contributed by atoms with Gasteiger partial charge in [-0.05, 0) is 107 Å². The SMILES string of the molecule is COC(=O)c1ccc(C)c(N)c1C.COC(=O)c1ccc(C)c([N+](=O)[O-])c1C.Cc1ccc(I)c(C)c1[N+](=O)[O-].Cc1cccc(C)c1[N+](=O)[O-]. The number of rotatable bonds is 5. The average Bonchev–Trinajstić information content (AvgIpc) is 3.05. The van der Waals surface area contributed by atoms with Crippen molar-refractivity contribution in [2.24, 2.45) is 0 Å². The number of nitrogens with zero attached hydrogens (tertiary/aromatic N) is 3. The Kier molecular flexibility index (Phi) is 16.8. The minimum atomic E-state index is -0.560. The molecule has 0 aliphatic rings. The molecule has 0 spiro atoms. The van der Waals surface area contributed by atoms with E-state index in [1.807, 2.05) is 32.0 Å². The molecule has 272 valence electrons. The number of carbonyl (C=O) groups excluding carboxylic acids is 2. The van der Waals surface area contributed by atoms with Gasteiger partial charge in [0.1, 0.15) is 0 Å². The molecule has 0 saturated heterocycles. The van der Waals surface area contributed by atoms with Crippen LogP contribution >= 0.6 is 22.6 Å². The first-order valence-corrected chi connectivity index (χ1v) is 16.2. The summed E-state index contributed by atoms with van der Waals surface area (Å²) in [5.41, 5.74) is 13.2. The summed E-state index contributed by atoms with van der Waals surface area (Å²) in [5, 5.41) is 31.8. The zero-order valence-electron chi connectivity index (χ0n) is 30.1. The van der Waals surface area contributed by atoms with Gasteiger partial charge >= 0.3 is 11.9 Å². The van der Waals surface area contributed by atoms with E-state index in [4.69, 9.17) is 5.73 Å². The first-order chi connectivity index (χ1) is 23.7. The van der Waals surface area contributed by atoms with E-state index in [1.54, 1.807) is 58.9 Å². The van der Waals surface area contributed by atoms with E-state index in [1.165, 1.54) is 33.3 Å². The zero-order chi connectivity index (χ0) is 39.3. The van der Waals surface area contributed by atoms with Gasteiger partial charge in [-0.15, -0.1) is 0 Å². The third-order valence-corrected chi connectivity index (χ3v) is 8.90. The predicted molar refractivity (Wildman–Crippen MR) is 203 cm³/mol. The summed E-state index contributed by atoms with van der Waals surface area (Å²) in [5.74, 6) is -0.903. The molecule has 0 aliphatic heterocycles. The largest absolute Gasteiger partial charge is 0.465 e. The average molecular weight is 817 g/mol. The van der Waals surface area contributed by atoms with Crippen LogP contribution in [0.1, 0.15) is 65.2 Å². The molecular weight excluding hydrogens is 775 g/mol. The molecule has 2 N–H and O–H groups in total. The molecule has 4 rings (SSSR count). The number of halogens is 1. The Bertz CT molecular complexity index is 1940. The fraction of sp³-hybridized carbons (Fsp3) is 0.278. The highest BCUT2D eigenvalue weighted by atomic mass is 127. The van der Waals surface area contributed by atoms with Crippen molar-refractivity contribution < 1.29 is 33.8 Å². The molecule has 0 atom stereocenters. The third-order valence-electron chi connectivity index (χ3n) is 7.73. The molecule has 4 aromatic rings. The van der Waals surface area contributed by atoms with Crippen molar-refractivity contribution in [2.75, 3.05) is 20.0 Å². The predicted octanol–water partition coefficient (Wildman–Crippen LogP) is 8.70. The zero-order valence-corrected chi connectivity index (χ0v) is 32.2. The fourth-order valence-electron chi connectivity index (χ4n) is 4.83. The molecular formula is C36H41IN4O10. The van der Waals surface area contributed by atoms with Crippen molar-refractivity contribution in [1.29, 1.82) is 0 Å². The molecule has 0 fully saturated rings. The van der Waals surface area contributed by atoms with E-state index in [2.05, 4.69) is 32.1 Å². The van der Waals surface area contributed by atoms with Crippen LogP contribution in [0.15, 0.2) is 54.6 Å². The second kappa shape index (κ2) is 19.7. The molecule has 0 amide bonds. The lowest BCUT2D eigenvalue weighted by molar-refractivity contribution is -0.386. The van der Waals surface area contributed by atoms with Crippen LogP contribution in [0.5, 0.6) is 0 Å². The second-order valence-electron chi connectivity index (χ2n) is 11.2. The van der Waals surface area contributed by atoms with Gasteiger partial charge in [0.2, 0.25) is 0 Å². The molecule has 51 heavy (non-hydrogen) atoms. The molecule has 0 radical (unpaired) electrons. The van der Waals surface area contributed by atoms with Gasteiger partial charge in [0, 0.05) is 42.6 Å². The van der Waals surface area contributed by atoms with Gasteiger partial charge in [-0.3, -0.25) is 30.3 Å². The van der Waals surface area contributed by atoms with Crippen LogP contribution in [0.2, 0.25) is 0 Å². The number of esters is 2. The van der Waals surface area contributed by atoms with Gasteiger partial charge in [0.05, 0.1) is 40.1 Å². The standard InChI is InChI=1S/C10H11NO4.C10H13NO2.C8H8INO2.C8H9NO2/c1-6-4-5-8(10(12)15-3)7(2)9(6)11(13)14;1-6-4-5-8(10(12)13-3)7(2)9(6)11;1-5-3-4-7(9)6(2)8(5)10(11)12;1-6-4-3-5-7(2)8(6)9(10)11/h4-5H,1-3H3;4-5H,11H2,1-3H3;3-4H,1-2H3;3-5H,1-2H3. The topological polar surface area (TPSA) is 208 Å². The Hall–Kier alpha value is -5.45. The van der Waals surface area contributed by atoms with Crippen molar-refractivity contribution in [1.82, 2.24) is 0 Å². The number of hydrogen-bond acceptors (Lipinski definition) is 11. The fourth-order valence-corrected chi connectivity index (χ4v) is 5.26. The number of methoxy groups -OCH3 is 2. The van der Waals surface area contributed by atoms with Crippen molar-refractivity contribution >= 4 is 57.3 Å². The summed E-state index contributed by atoms with van der Waals surface area (Å²) in [6, 6.07) is 15.6. The van der Waals surface area contributed by atoms with Crippen LogP contribution in [0, 0.1) is 89.3 Å². The first-order valence-electron chi connectivity index (χ1n) is 15.1. The third kappa shape index (κ3) is 11.6. The minimum absolute atomic E-state index is 0.0297. The van der Waals surface area contributed by atoms with Crippen LogP contribution in [-0.2, 0) is 9.47 Å². The monoisotopic (exact) mass is 816 g/mol. The normalized spacial score (nSPS) is 9.78. The van der Waals surface area contributed by atoms with E-state index in [0.717, 1.165) is 37.0 Å². The molecule has 0 aliphatic carbocycles. The molecule has 0 saturated carbocycles. The first kappa shape index (κ1) is 43.6. The van der Waals surface area contributed by atoms with Crippen molar-refractivity contribution in [3.8, 4) is 0 Å². The number of anilines is 1. The Morgan fingerprint density at radius 1 is 0.549 bits per heavy atom. The maximum absolute atomic E-state index is 11.3. The lowest BCUT2D eigenvalue weighted by atomic mass is 10.0. The van der Waals surface area contributed by atoms with Gasteiger partial charge in [-0.1, -0.05) is 36.4 Å². The van der Waals surface area contributed by atoms with E-state index in [-0.39, 0.29) is 38.4 Å². The Morgan fingerprint density at radius 3 is 1.27 bits per heavy atom. The van der Waals surface area contributed by atoms with Crippen LogP contribution < -0.4 is 5.73 Å². The summed E-state index contributed by atoms with van der Waals surface area (Å²) in [6.07, 6.45) is 0. The molecule has 15 heteroatoms. The highest BCUT2D eigenvalue weighted by molar-refractivity contribution is 14.1. The maximum Gasteiger partial charge on any atom is 0.338 e. The number of hydrogen-bond donors (Lipinski definition) is 1. The van der Waals surface area contributed by atoms with Crippen molar-refractivity contribution in [3.05, 3.63) is 144 Å². The van der Waals surface area contributed by atoms with E-state index in [0.29, 0.717) is 22.4 Å². The maximum atomic E-state index is 11.3. The number of nitrogen functional groups attached to an aromatic ring is 1. The number of para-hydroxylation sites is 1. The number of aryl methyl sites for hydroxylation is 5. The smallest absolute Gasteiger partial charge is 0.338 e. The summed E-state index contributed by atoms with van der Waals surface area (Å²) in [6.45, 7) is 13.9. The van der Waals surface area contributed by atoms with Gasteiger partial charge in [-0.2, -0.15) is 0 Å². The number of nitrogens with two attached hydrogens (primary N) is 1. The Labute approximate surface area is 309 Å². The lowest BCUT2D eigenvalue weighted by Crippen LogP contribution is -2.06. The summed E-state index contributed by atoms with van der Waals surface area (Å²) in [4.78, 5) is 53.1. The van der Waals surface area contributed by atoms with Gasteiger partial charge in [-0.25, -0.2) is 9.59 Å². The van der Waals surface area contributed by atoms with Crippen molar-refractivity contribution in [2.45, 2.75) is 55.4 Å². The highest BCUT2D eigenvalue weighted by Crippen LogP contribution is 2.27. The number of benzene rings is 4. The molecule has 4 aromatic carbocycles. The van der Waals surface area contributed by atoms with Crippen LogP contribution in [-0.4, -0.2) is 40.9 Å². The lowest BCUT2D eigenvalue weighted by Gasteiger charge is -2.08. The quantitative estimate of drug-likeness (QED) is 0.0662. The number of nitro benzene ring substituents is 3. The highest BCUT2D eigenvalue weighted by Gasteiger charge is 2.21. The molecule has 14 nitrogen and oxygen atoms in total. The van der Waals surface area contributed by atoms with Gasteiger partial charge in [0.25, 0.3) is 17.1 Å². The Morgan fingerprint density at radius 2 is 0.902 bits per heavy atom. The van der Waals surface area contributed by atoms with Crippen LogP contribution in [0.25, 0.3) is 0 Å². The Balaban J connectivity index is 0.000000342. The van der Waals surface area contributed by atoms with Crippen LogP contribution in [0.4, 0.5) is 22.7 Å². The van der Waals surface area contributed by atoms with E-state index in [9.17, 15) is 39.9 Å². The number of nitro groups is 3. The second-order valence-corrected chi connectivity index (χ2v) is 12.4. The minimum Gasteiger partial charge on any atom is -0.465 e. The summed E-state index contributed by atoms with van der Waals surface area (Å²) >= 11 is 2.10. The van der Waals surface area contributed by atoms with Crippen LogP contribution in [0.3, 0.4) is 0 Å².